The Morgan fingerprint density at radius 1 is 0.267 bits per heavy atom. The maximum absolute atomic E-state index is 16.2. The van der Waals surface area contributed by atoms with Crippen LogP contribution in [0.5, 0.6) is 69.0 Å². The zero-order chi connectivity index (χ0) is 87.7. The van der Waals surface area contributed by atoms with Gasteiger partial charge in [0.15, 0.2) is 0 Å². The summed E-state index contributed by atoms with van der Waals surface area (Å²) in [6, 6.07) is 39.6. The van der Waals surface area contributed by atoms with E-state index in [9.17, 15) is 19.2 Å². The summed E-state index contributed by atoms with van der Waals surface area (Å²) in [5.74, 6) is -3.86. The molecule has 0 aliphatic heterocycles. The molecule has 0 unspecified atom stereocenters. The van der Waals surface area contributed by atoms with Crippen LogP contribution in [-0.4, -0.2) is 85.1 Å². The van der Waals surface area contributed by atoms with Crippen LogP contribution >= 0.6 is 69.6 Å². The van der Waals surface area contributed by atoms with Crippen LogP contribution in [0.25, 0.3) is 0 Å². The van der Waals surface area contributed by atoms with Crippen molar-refractivity contribution in [2.45, 2.75) is 144 Å². The summed E-state index contributed by atoms with van der Waals surface area (Å²) in [5, 5.41) is 0. The fourth-order valence-electron chi connectivity index (χ4n) is 14.5. The molecule has 0 aliphatic rings. The van der Waals surface area contributed by atoms with Gasteiger partial charge in [0, 0.05) is 45.4 Å². The predicted molar refractivity (Wildman–Crippen MR) is 463 cm³/mol. The summed E-state index contributed by atoms with van der Waals surface area (Å²) in [6.07, 6.45) is -0.170. The van der Waals surface area contributed by atoms with Crippen LogP contribution in [0.4, 0.5) is 0 Å². The van der Waals surface area contributed by atoms with Gasteiger partial charge in [-0.05, 0) is 188 Å². The molecule has 0 amide bonds. The number of hydrogen-bond donors (Lipinski definition) is 0. The average Bonchev–Trinajstić information content (AvgIpc) is 0.732. The summed E-state index contributed by atoms with van der Waals surface area (Å²) < 4.78 is 84.6. The first-order valence-electron chi connectivity index (χ1n) is 37.9. The van der Waals surface area contributed by atoms with Crippen LogP contribution in [0.3, 0.4) is 0 Å². The number of ether oxygens (including phenoxy) is 14. The van der Waals surface area contributed by atoms with E-state index >= 15 is 9.59 Å². The number of hydrogen-bond acceptors (Lipinski definition) is 20. The second-order valence-electron chi connectivity index (χ2n) is 28.8. The highest BCUT2D eigenvalue weighted by molar-refractivity contribution is 6.68. The molecule has 0 heterocycles. The zero-order valence-corrected chi connectivity index (χ0v) is 74.5. The van der Waals surface area contributed by atoms with Gasteiger partial charge in [0.25, 0.3) is 0 Å². The summed E-state index contributed by atoms with van der Waals surface area (Å²) in [7, 11) is 5.46. The fraction of sp³-hybridized carbons (Fsp3) is 0.298. The number of benzene rings is 10. The lowest BCUT2D eigenvalue weighted by Gasteiger charge is -2.26. The largest absolute Gasteiger partial charge is 0.495 e. The molecule has 26 heteroatoms. The highest BCUT2D eigenvalue weighted by Gasteiger charge is 2.38. The van der Waals surface area contributed by atoms with Crippen molar-refractivity contribution in [2.75, 3.05) is 41.7 Å². The molecule has 0 saturated carbocycles. The molecule has 10 rings (SSSR count). The minimum Gasteiger partial charge on any atom is -0.495 e. The van der Waals surface area contributed by atoms with Gasteiger partial charge in [-0.2, -0.15) is 0 Å². The fourth-order valence-corrected chi connectivity index (χ4v) is 14.8. The van der Waals surface area contributed by atoms with Crippen LogP contribution in [0, 0.1) is 104 Å². The molecule has 20 nitrogen and oxygen atoms in total. The van der Waals surface area contributed by atoms with Crippen LogP contribution in [0.2, 0.25) is 0 Å². The maximum atomic E-state index is 16.2. The van der Waals surface area contributed by atoms with Crippen LogP contribution in [0.1, 0.15) is 179 Å². The van der Waals surface area contributed by atoms with E-state index in [2.05, 4.69) is 0 Å². The number of aryl methyl sites for hydroxylation is 1. The highest BCUT2D eigenvalue weighted by atomic mass is 35.6. The monoisotopic (exact) mass is 1750 g/mol. The van der Waals surface area contributed by atoms with E-state index in [1.54, 1.807) is 110 Å². The minimum atomic E-state index is -1.90. The lowest BCUT2D eigenvalue weighted by molar-refractivity contribution is 0.0497. The van der Waals surface area contributed by atoms with Gasteiger partial charge in [0.1, 0.15) is 142 Å². The molecule has 0 aliphatic carbocycles. The Bertz CT molecular complexity index is 5600. The molecule has 10 aromatic rings. The van der Waals surface area contributed by atoms with Crippen molar-refractivity contribution < 1.29 is 95.1 Å². The third-order valence-corrected chi connectivity index (χ3v) is 21.8. The second kappa shape index (κ2) is 39.1. The molecule has 0 spiro atoms. The molecule has 0 N–H and O–H groups in total. The van der Waals surface area contributed by atoms with Gasteiger partial charge in [-0.15, -0.1) is 0 Å². The number of rotatable bonds is 30. The van der Waals surface area contributed by atoms with Gasteiger partial charge in [0.2, 0.25) is 7.59 Å². The maximum Gasteiger partial charge on any atom is 0.347 e. The Kier molecular flexibility index (Phi) is 29.8. The third-order valence-electron chi connectivity index (χ3n) is 21.1. The number of halogens is 6. The summed E-state index contributed by atoms with van der Waals surface area (Å²) >= 11 is 35.6. The molecule has 0 atom stereocenters. The molecule has 10 aromatic carbocycles. The van der Waals surface area contributed by atoms with Crippen molar-refractivity contribution in [1.82, 2.24) is 0 Å². The topological polar surface area (TPSA) is 232 Å². The first kappa shape index (κ1) is 91.5. The van der Waals surface area contributed by atoms with E-state index < -0.39 is 56.6 Å². The van der Waals surface area contributed by atoms with Crippen molar-refractivity contribution >= 4 is 105 Å². The number of esters is 6. The summed E-state index contributed by atoms with van der Waals surface area (Å²) in [4.78, 5) is 89.3. The van der Waals surface area contributed by atoms with Gasteiger partial charge in [0.05, 0.1) is 28.4 Å². The van der Waals surface area contributed by atoms with Gasteiger partial charge in [-0.25, -0.2) is 28.8 Å². The van der Waals surface area contributed by atoms with Crippen molar-refractivity contribution in [3.63, 3.8) is 0 Å². The molecular formula is C94H92Cl6O20. The van der Waals surface area contributed by atoms with Crippen LogP contribution in [0.15, 0.2) is 127 Å². The predicted octanol–water partition coefficient (Wildman–Crippen LogP) is 22.2. The average molecular weight is 1750 g/mol. The number of carbonyl (C=O) groups excluding carboxylic acids is 6. The SMILES string of the molecule is COc1c(C)c(OC(=O)c2c(C)cc(OCc3ccccc3)c(Cc3c(C)c(C(=O)Oc4c(C)c(C)c(C(=O)Oc5c(C)c(C)c(C(=O)OCC(Cl)(Cl)Cl)c(OC)c5C)c(OC)c4C)c(OCc4ccccc4)c(C)c3OCc3ccccc3)c2OCc2ccccc2)c(C)c(C)c1C(=O)Oc1c(C)c(C)c(C(=O)OCC(Cl)(Cl)Cl)c(OC)c1C. The van der Waals surface area contributed by atoms with Crippen LogP contribution < -0.4 is 56.8 Å². The van der Waals surface area contributed by atoms with Gasteiger partial charge in [-0.1, -0.05) is 191 Å². The quantitative estimate of drug-likeness (QED) is 0.0231. The molecule has 0 bridgehead atoms. The first-order chi connectivity index (χ1) is 56.9. The van der Waals surface area contributed by atoms with Crippen LogP contribution in [-0.2, 0) is 42.3 Å². The second-order valence-corrected chi connectivity index (χ2v) is 33.8. The smallest absolute Gasteiger partial charge is 0.347 e. The Morgan fingerprint density at radius 2 is 0.525 bits per heavy atom. The van der Waals surface area contributed by atoms with E-state index in [1.807, 2.05) is 121 Å². The van der Waals surface area contributed by atoms with E-state index in [0.717, 1.165) is 22.3 Å². The molecule has 630 valence electrons. The van der Waals surface area contributed by atoms with Crippen molar-refractivity contribution in [2.24, 2.45) is 0 Å². The van der Waals surface area contributed by atoms with Crippen molar-refractivity contribution in [1.29, 1.82) is 0 Å². The lowest BCUT2D eigenvalue weighted by Crippen LogP contribution is -2.21. The Hall–Kier alpha value is -10.8. The zero-order valence-electron chi connectivity index (χ0n) is 70.0. The Balaban J connectivity index is 1.14. The third kappa shape index (κ3) is 20.1. The molecule has 0 radical (unpaired) electrons. The van der Waals surface area contributed by atoms with Gasteiger partial charge in [-0.3, -0.25) is 0 Å². The number of methoxy groups -OCH3 is 4. The van der Waals surface area contributed by atoms with Crippen molar-refractivity contribution in [3.8, 4) is 69.0 Å². The summed E-state index contributed by atoms with van der Waals surface area (Å²) in [5.41, 5.74) is 9.08. The van der Waals surface area contributed by atoms with E-state index in [-0.39, 0.29) is 146 Å². The number of carbonyl (C=O) groups is 6. The van der Waals surface area contributed by atoms with E-state index in [4.69, 9.17) is 136 Å². The molecule has 0 fully saturated rings. The molecule has 0 aromatic heterocycles. The molecule has 120 heavy (non-hydrogen) atoms. The van der Waals surface area contributed by atoms with Crippen molar-refractivity contribution in [3.05, 3.63) is 278 Å². The first-order valence-corrected chi connectivity index (χ1v) is 40.2. The van der Waals surface area contributed by atoms with Gasteiger partial charge >= 0.3 is 35.8 Å². The summed E-state index contributed by atoms with van der Waals surface area (Å²) in [6.45, 7) is 24.0. The highest BCUT2D eigenvalue weighted by Crippen LogP contribution is 2.50. The standard InChI is InChI=1S/C94H92Cl6O20/c1-48-40-69(111-42-63-32-24-20-25-33-63)68(86(114-45-66-38-30-23-31-39-66)70(48)89(103)117-76-55(8)51(4)73(83(109-18)60(76)13)90(104)118-77-53(6)49(2)71(81(107-16)58(77)11)87(101)115-46-93(95,96)97)41-67-57(10)75(85(113-44-65-36-28-22-29-37-65)62(15)80(67)112-43-64-34-26-21-27-35-64)92(106)120-79-56(9)52(5)74(84(110-19)61(79)14)91(105)119-78-54(7)50(3)72(82(108-17)59(78)12)88(102)116-47-94(98,99)100/h20-40H,41-47H2,1-19H3. The van der Waals surface area contributed by atoms with E-state index in [1.165, 1.54) is 28.4 Å². The Labute approximate surface area is 728 Å². The lowest BCUT2D eigenvalue weighted by atomic mass is 9.89. The Morgan fingerprint density at radius 3 is 0.825 bits per heavy atom. The minimum absolute atomic E-state index is 0.00932. The molecular weight excluding hydrogens is 1660 g/mol. The number of alkyl halides is 6. The van der Waals surface area contributed by atoms with E-state index in [0.29, 0.717) is 83.8 Å². The molecule has 0 saturated heterocycles. The van der Waals surface area contributed by atoms with Gasteiger partial charge < -0.3 is 66.3 Å². The normalized spacial score (nSPS) is 11.3.